The highest BCUT2D eigenvalue weighted by molar-refractivity contribution is 5.66. The molecule has 0 saturated heterocycles. The minimum Gasteiger partial charge on any atom is -0.481 e. The number of aromatic nitrogens is 2. The van der Waals surface area contributed by atoms with Crippen LogP contribution in [-0.2, 0) is 4.79 Å². The van der Waals surface area contributed by atoms with Crippen LogP contribution in [0.5, 0.6) is 5.88 Å². The smallest absolute Gasteiger partial charge is 0.303 e. The van der Waals surface area contributed by atoms with Gasteiger partial charge in [-0.2, -0.15) is 4.98 Å². The van der Waals surface area contributed by atoms with Crippen LogP contribution >= 0.6 is 0 Å². The maximum Gasteiger partial charge on any atom is 0.303 e. The molecule has 0 bridgehead atoms. The number of rotatable bonds is 7. The summed E-state index contributed by atoms with van der Waals surface area (Å²) in [6, 6.07) is 1.67. The van der Waals surface area contributed by atoms with Gasteiger partial charge in [-0.05, 0) is 12.3 Å². The zero-order valence-electron chi connectivity index (χ0n) is 10.0. The van der Waals surface area contributed by atoms with Crippen LogP contribution in [0.1, 0.15) is 19.8 Å². The molecule has 1 unspecified atom stereocenters. The molecular formula is C11H17N3O3. The van der Waals surface area contributed by atoms with Crippen molar-refractivity contribution in [2.45, 2.75) is 19.8 Å². The summed E-state index contributed by atoms with van der Waals surface area (Å²) in [6.07, 6.45) is 2.42. The Morgan fingerprint density at radius 1 is 1.65 bits per heavy atom. The first-order valence-corrected chi connectivity index (χ1v) is 5.44. The topological polar surface area (TPSA) is 84.3 Å². The van der Waals surface area contributed by atoms with Gasteiger partial charge in [0.25, 0.3) is 0 Å². The van der Waals surface area contributed by atoms with Gasteiger partial charge in [0, 0.05) is 25.2 Å². The van der Waals surface area contributed by atoms with Crippen molar-refractivity contribution in [2.75, 3.05) is 19.0 Å². The average Bonchev–Trinajstić information content (AvgIpc) is 2.34. The highest BCUT2D eigenvalue weighted by Gasteiger charge is 2.06. The van der Waals surface area contributed by atoms with Gasteiger partial charge in [-0.3, -0.25) is 4.79 Å². The fourth-order valence-corrected chi connectivity index (χ4v) is 1.28. The Morgan fingerprint density at radius 2 is 2.41 bits per heavy atom. The molecule has 1 rings (SSSR count). The summed E-state index contributed by atoms with van der Waals surface area (Å²) in [5.74, 6) is 0.475. The lowest BCUT2D eigenvalue weighted by molar-refractivity contribution is -0.137. The SMILES string of the molecule is COc1ccnc(NCC(C)CCC(=O)O)n1. The summed E-state index contributed by atoms with van der Waals surface area (Å²) in [6.45, 7) is 2.62. The quantitative estimate of drug-likeness (QED) is 0.748. The Morgan fingerprint density at radius 3 is 3.06 bits per heavy atom. The maximum absolute atomic E-state index is 10.4. The number of carbonyl (C=O) groups is 1. The van der Waals surface area contributed by atoms with E-state index in [1.54, 1.807) is 19.4 Å². The van der Waals surface area contributed by atoms with E-state index in [1.807, 2.05) is 6.92 Å². The number of nitrogens with zero attached hydrogens (tertiary/aromatic N) is 2. The molecule has 0 aliphatic heterocycles. The standard InChI is InChI=1S/C11H17N3O3/c1-8(3-4-10(15)16)7-13-11-12-6-5-9(14-11)17-2/h5-6,8H,3-4,7H2,1-2H3,(H,15,16)(H,12,13,14). The summed E-state index contributed by atoms with van der Waals surface area (Å²) in [4.78, 5) is 18.5. The lowest BCUT2D eigenvalue weighted by Crippen LogP contribution is -2.14. The zero-order chi connectivity index (χ0) is 12.7. The second kappa shape index (κ2) is 6.67. The van der Waals surface area contributed by atoms with Gasteiger partial charge in [0.2, 0.25) is 11.8 Å². The Hall–Kier alpha value is -1.85. The van der Waals surface area contributed by atoms with Gasteiger partial charge in [-0.1, -0.05) is 6.92 Å². The van der Waals surface area contributed by atoms with Crippen molar-refractivity contribution in [2.24, 2.45) is 5.92 Å². The van der Waals surface area contributed by atoms with E-state index >= 15 is 0 Å². The molecule has 0 saturated carbocycles. The van der Waals surface area contributed by atoms with E-state index in [0.29, 0.717) is 24.8 Å². The molecule has 94 valence electrons. The number of carboxylic acids is 1. The van der Waals surface area contributed by atoms with Gasteiger partial charge in [0.05, 0.1) is 7.11 Å². The molecule has 0 amide bonds. The summed E-state index contributed by atoms with van der Waals surface area (Å²) >= 11 is 0. The predicted molar refractivity (Wildman–Crippen MR) is 63.1 cm³/mol. The van der Waals surface area contributed by atoms with Gasteiger partial charge in [-0.25, -0.2) is 4.98 Å². The number of nitrogens with one attached hydrogen (secondary N) is 1. The summed E-state index contributed by atoms with van der Waals surface area (Å²) < 4.78 is 4.97. The minimum absolute atomic E-state index is 0.182. The van der Waals surface area contributed by atoms with E-state index in [2.05, 4.69) is 15.3 Å². The molecule has 6 nitrogen and oxygen atoms in total. The third kappa shape index (κ3) is 5.14. The second-order valence-corrected chi connectivity index (χ2v) is 3.84. The molecule has 1 heterocycles. The molecule has 0 aliphatic carbocycles. The Kier molecular flexibility index (Phi) is 5.19. The molecule has 2 N–H and O–H groups in total. The summed E-state index contributed by atoms with van der Waals surface area (Å²) in [5.41, 5.74) is 0. The van der Waals surface area contributed by atoms with Crippen LogP contribution in [0.2, 0.25) is 0 Å². The van der Waals surface area contributed by atoms with Crippen molar-refractivity contribution in [3.05, 3.63) is 12.3 Å². The van der Waals surface area contributed by atoms with Crippen molar-refractivity contribution in [3.63, 3.8) is 0 Å². The Labute approximate surface area is 100 Å². The molecule has 1 atom stereocenters. The van der Waals surface area contributed by atoms with Crippen LogP contribution < -0.4 is 10.1 Å². The fraction of sp³-hybridized carbons (Fsp3) is 0.545. The molecule has 0 aliphatic rings. The van der Waals surface area contributed by atoms with Gasteiger partial charge < -0.3 is 15.2 Å². The molecule has 0 spiro atoms. The van der Waals surface area contributed by atoms with E-state index in [9.17, 15) is 4.79 Å². The van der Waals surface area contributed by atoms with Crippen LogP contribution in [0, 0.1) is 5.92 Å². The van der Waals surface area contributed by atoms with Crippen LogP contribution in [0.3, 0.4) is 0 Å². The highest BCUT2D eigenvalue weighted by atomic mass is 16.5. The fourth-order valence-electron chi connectivity index (χ4n) is 1.28. The molecule has 0 aromatic carbocycles. The third-order valence-corrected chi connectivity index (χ3v) is 2.30. The first-order chi connectivity index (χ1) is 8.11. The average molecular weight is 239 g/mol. The summed E-state index contributed by atoms with van der Waals surface area (Å²) in [7, 11) is 1.54. The van der Waals surface area contributed by atoms with E-state index in [1.165, 1.54) is 0 Å². The monoisotopic (exact) mass is 239 g/mol. The van der Waals surface area contributed by atoms with E-state index in [0.717, 1.165) is 0 Å². The normalized spacial score (nSPS) is 11.9. The Bertz CT molecular complexity index is 371. The highest BCUT2D eigenvalue weighted by Crippen LogP contribution is 2.10. The molecule has 1 aromatic rings. The summed E-state index contributed by atoms with van der Waals surface area (Å²) in [5, 5.41) is 11.6. The van der Waals surface area contributed by atoms with Crippen molar-refractivity contribution < 1.29 is 14.6 Å². The van der Waals surface area contributed by atoms with Crippen molar-refractivity contribution in [1.29, 1.82) is 0 Å². The van der Waals surface area contributed by atoms with E-state index < -0.39 is 5.97 Å². The van der Waals surface area contributed by atoms with Gasteiger partial charge in [-0.15, -0.1) is 0 Å². The molecule has 17 heavy (non-hydrogen) atoms. The van der Waals surface area contributed by atoms with Gasteiger partial charge in [0.1, 0.15) is 0 Å². The van der Waals surface area contributed by atoms with Crippen LogP contribution in [0.25, 0.3) is 0 Å². The van der Waals surface area contributed by atoms with Crippen LogP contribution in [0.15, 0.2) is 12.3 Å². The number of ether oxygens (including phenoxy) is 1. The van der Waals surface area contributed by atoms with E-state index in [-0.39, 0.29) is 12.3 Å². The lowest BCUT2D eigenvalue weighted by atomic mass is 10.1. The first-order valence-electron chi connectivity index (χ1n) is 5.44. The number of aliphatic carboxylic acids is 1. The number of anilines is 1. The second-order valence-electron chi connectivity index (χ2n) is 3.84. The number of hydrogen-bond acceptors (Lipinski definition) is 5. The Balaban J connectivity index is 2.36. The maximum atomic E-state index is 10.4. The van der Waals surface area contributed by atoms with Crippen molar-refractivity contribution in [1.82, 2.24) is 9.97 Å². The van der Waals surface area contributed by atoms with E-state index in [4.69, 9.17) is 9.84 Å². The largest absolute Gasteiger partial charge is 0.481 e. The predicted octanol–water partition coefficient (Wildman–Crippen LogP) is 1.40. The molecule has 1 aromatic heterocycles. The zero-order valence-corrected chi connectivity index (χ0v) is 10.0. The molecule has 6 heteroatoms. The minimum atomic E-state index is -0.769. The van der Waals surface area contributed by atoms with Crippen molar-refractivity contribution >= 4 is 11.9 Å². The molecule has 0 fully saturated rings. The third-order valence-electron chi connectivity index (χ3n) is 2.30. The molecule has 0 radical (unpaired) electrons. The first kappa shape index (κ1) is 13.2. The number of hydrogen-bond donors (Lipinski definition) is 2. The van der Waals surface area contributed by atoms with Gasteiger partial charge >= 0.3 is 5.97 Å². The van der Waals surface area contributed by atoms with Crippen LogP contribution in [-0.4, -0.2) is 34.7 Å². The number of carboxylic acid groups (broad SMARTS) is 1. The van der Waals surface area contributed by atoms with Crippen molar-refractivity contribution in [3.8, 4) is 5.88 Å². The van der Waals surface area contributed by atoms with Crippen LogP contribution in [0.4, 0.5) is 5.95 Å². The van der Waals surface area contributed by atoms with Gasteiger partial charge in [0.15, 0.2) is 0 Å². The molecular weight excluding hydrogens is 222 g/mol. The lowest BCUT2D eigenvalue weighted by Gasteiger charge is -2.11. The number of methoxy groups -OCH3 is 1.